The van der Waals surface area contributed by atoms with Crippen LogP contribution in [0.3, 0.4) is 0 Å². The molecule has 4 nitrogen and oxygen atoms in total. The van der Waals surface area contributed by atoms with Crippen LogP contribution >= 0.6 is 0 Å². The topological polar surface area (TPSA) is 35.6 Å². The maximum Gasteiger partial charge on any atom is 0.318 e. The van der Waals surface area contributed by atoms with Gasteiger partial charge in [-0.3, -0.25) is 4.90 Å². The van der Waals surface area contributed by atoms with E-state index in [9.17, 15) is 4.79 Å². The van der Waals surface area contributed by atoms with Crippen molar-refractivity contribution < 1.29 is 4.79 Å². The Kier molecular flexibility index (Phi) is 7.27. The minimum Gasteiger partial charge on any atom is -0.335 e. The van der Waals surface area contributed by atoms with Crippen molar-refractivity contribution in [3.05, 3.63) is 107 Å². The minimum atomic E-state index is 0.0579. The highest BCUT2D eigenvalue weighted by Gasteiger charge is 2.43. The number of rotatable bonds is 8. The van der Waals surface area contributed by atoms with Crippen LogP contribution in [0.2, 0.25) is 0 Å². The summed E-state index contributed by atoms with van der Waals surface area (Å²) >= 11 is 0. The van der Waals surface area contributed by atoms with Gasteiger partial charge in [0.05, 0.1) is 0 Å². The van der Waals surface area contributed by atoms with E-state index in [-0.39, 0.29) is 12.1 Å². The molecule has 4 heteroatoms. The molecule has 0 aromatic heterocycles. The molecule has 2 unspecified atom stereocenters. The maximum absolute atomic E-state index is 13.4. The van der Waals surface area contributed by atoms with Gasteiger partial charge in [-0.05, 0) is 79.7 Å². The van der Waals surface area contributed by atoms with Crippen molar-refractivity contribution in [3.8, 4) is 0 Å². The highest BCUT2D eigenvalue weighted by Crippen LogP contribution is 2.53. The molecule has 1 aliphatic carbocycles. The zero-order valence-corrected chi connectivity index (χ0v) is 21.8. The largest absolute Gasteiger partial charge is 0.335 e. The van der Waals surface area contributed by atoms with Gasteiger partial charge >= 0.3 is 6.03 Å². The number of urea groups is 1. The molecule has 1 saturated heterocycles. The Balaban J connectivity index is 1.00. The Morgan fingerprint density at radius 1 is 0.703 bits per heavy atom. The summed E-state index contributed by atoms with van der Waals surface area (Å²) in [5, 5.41) is 3.39. The third-order valence-electron chi connectivity index (χ3n) is 8.92. The van der Waals surface area contributed by atoms with E-state index in [1.165, 1.54) is 38.6 Å². The number of nitrogens with one attached hydrogen (secondary N) is 1. The van der Waals surface area contributed by atoms with Crippen LogP contribution in [-0.4, -0.2) is 28.4 Å². The number of hydrogen-bond donors (Lipinski definition) is 1. The zero-order valence-electron chi connectivity index (χ0n) is 21.8. The monoisotopic (exact) mass is 493 g/mol. The van der Waals surface area contributed by atoms with E-state index in [1.54, 1.807) is 11.1 Å². The van der Waals surface area contributed by atoms with Crippen molar-refractivity contribution in [1.29, 1.82) is 0 Å². The number of benzene rings is 3. The highest BCUT2D eigenvalue weighted by atomic mass is 16.2. The quantitative estimate of drug-likeness (QED) is 0.359. The van der Waals surface area contributed by atoms with Crippen molar-refractivity contribution in [2.24, 2.45) is 5.92 Å². The normalized spacial score (nSPS) is 24.5. The molecule has 37 heavy (non-hydrogen) atoms. The molecule has 2 amide bonds. The van der Waals surface area contributed by atoms with Crippen molar-refractivity contribution in [3.63, 3.8) is 0 Å². The molecule has 2 aliphatic heterocycles. The smallest absolute Gasteiger partial charge is 0.318 e. The first-order valence-electron chi connectivity index (χ1n) is 14.2. The zero-order chi connectivity index (χ0) is 25.0. The summed E-state index contributed by atoms with van der Waals surface area (Å²) in [5.41, 5.74) is 5.49. The second-order valence-electron chi connectivity index (χ2n) is 11.3. The molecule has 0 radical (unpaired) electrons. The fourth-order valence-electron chi connectivity index (χ4n) is 6.96. The third-order valence-corrected chi connectivity index (χ3v) is 8.92. The van der Waals surface area contributed by atoms with Gasteiger partial charge in [-0.25, -0.2) is 4.79 Å². The van der Waals surface area contributed by atoms with Gasteiger partial charge in [-0.15, -0.1) is 0 Å². The van der Waals surface area contributed by atoms with Crippen LogP contribution in [0.1, 0.15) is 79.3 Å². The number of carbonyl (C=O) groups is 1. The maximum atomic E-state index is 13.4. The van der Waals surface area contributed by atoms with Crippen LogP contribution in [-0.2, 0) is 13.1 Å². The number of carbonyl (C=O) groups excluding carboxylic acids is 1. The van der Waals surface area contributed by atoms with Gasteiger partial charge in [-0.1, -0.05) is 84.9 Å². The van der Waals surface area contributed by atoms with Crippen molar-refractivity contribution in [2.75, 3.05) is 6.54 Å². The molecule has 6 rings (SSSR count). The van der Waals surface area contributed by atoms with Crippen LogP contribution in [0, 0.1) is 5.92 Å². The summed E-state index contributed by atoms with van der Waals surface area (Å²) < 4.78 is 0. The van der Waals surface area contributed by atoms with E-state index in [1.807, 2.05) is 41.3 Å². The van der Waals surface area contributed by atoms with Crippen LogP contribution in [0.4, 0.5) is 4.79 Å². The first kappa shape index (κ1) is 24.2. The van der Waals surface area contributed by atoms with Crippen LogP contribution in [0.5, 0.6) is 0 Å². The lowest BCUT2D eigenvalue weighted by atomic mass is 9.84. The number of hydrogen-bond acceptors (Lipinski definition) is 2. The van der Waals surface area contributed by atoms with Gasteiger partial charge < -0.3 is 10.2 Å². The summed E-state index contributed by atoms with van der Waals surface area (Å²) in [7, 11) is 0. The van der Waals surface area contributed by atoms with E-state index >= 15 is 0 Å². The Morgan fingerprint density at radius 2 is 1.22 bits per heavy atom. The minimum absolute atomic E-state index is 0.0579. The van der Waals surface area contributed by atoms with E-state index in [0.717, 1.165) is 29.9 Å². The first-order chi connectivity index (χ1) is 18.2. The lowest BCUT2D eigenvalue weighted by Gasteiger charge is -2.33. The number of fused-ring (bicyclic) bond motifs is 5. The summed E-state index contributed by atoms with van der Waals surface area (Å²) in [6, 6.07) is 31.4. The van der Waals surface area contributed by atoms with Crippen LogP contribution in [0.25, 0.3) is 0 Å². The fraction of sp³-hybridized carbons (Fsp3) is 0.424. The molecule has 3 aromatic carbocycles. The van der Waals surface area contributed by atoms with Crippen LogP contribution < -0.4 is 5.32 Å². The standard InChI is InChI=1S/C33H39N3O/c37-33(35(23-26-9-3-1-4-10-26)24-27-11-5-2-6-12-27)34-28-17-15-25(16-18-28)21-22-36-31-19-20-32(36)30-14-8-7-13-29(30)31/h1-14,25,28,31-32H,15-24H2,(H,34,37). The summed E-state index contributed by atoms with van der Waals surface area (Å²) in [6.45, 7) is 2.46. The Bertz CT molecular complexity index is 1100. The van der Waals surface area contributed by atoms with Crippen LogP contribution in [0.15, 0.2) is 84.9 Å². The average molecular weight is 494 g/mol. The molecule has 0 spiro atoms. The molecule has 192 valence electrons. The lowest BCUT2D eigenvalue weighted by Crippen LogP contribution is -2.45. The Labute approximate surface area is 221 Å². The van der Waals surface area contributed by atoms with Gasteiger partial charge in [-0.2, -0.15) is 0 Å². The number of amides is 2. The predicted molar refractivity (Wildman–Crippen MR) is 149 cm³/mol. The van der Waals surface area contributed by atoms with Gasteiger partial charge in [0.2, 0.25) is 0 Å². The molecule has 2 heterocycles. The van der Waals surface area contributed by atoms with E-state index < -0.39 is 0 Å². The second kappa shape index (κ2) is 11.1. The Morgan fingerprint density at radius 3 is 1.76 bits per heavy atom. The van der Waals surface area contributed by atoms with Gasteiger partial charge in [0.15, 0.2) is 0 Å². The number of nitrogens with zero attached hydrogens (tertiary/aromatic N) is 2. The molecule has 1 saturated carbocycles. The molecule has 2 fully saturated rings. The average Bonchev–Trinajstić information content (AvgIpc) is 3.50. The second-order valence-corrected chi connectivity index (χ2v) is 11.3. The van der Waals surface area contributed by atoms with Crippen molar-refractivity contribution >= 4 is 6.03 Å². The summed E-state index contributed by atoms with van der Waals surface area (Å²) in [5.74, 6) is 0.779. The first-order valence-corrected chi connectivity index (χ1v) is 14.2. The molecule has 3 aromatic rings. The van der Waals surface area contributed by atoms with E-state index in [4.69, 9.17) is 0 Å². The summed E-state index contributed by atoms with van der Waals surface area (Å²) in [4.78, 5) is 18.1. The Hall–Kier alpha value is -3.11. The molecule has 3 aliphatic rings. The fourth-order valence-corrected chi connectivity index (χ4v) is 6.96. The molecule has 2 bridgehead atoms. The van der Waals surface area contributed by atoms with Gasteiger partial charge in [0.25, 0.3) is 0 Å². The molecule has 1 N–H and O–H groups in total. The van der Waals surface area contributed by atoms with Crippen molar-refractivity contribution in [1.82, 2.24) is 15.1 Å². The van der Waals surface area contributed by atoms with Gasteiger partial charge in [0, 0.05) is 31.2 Å². The highest BCUT2D eigenvalue weighted by molar-refractivity contribution is 5.74. The predicted octanol–water partition coefficient (Wildman–Crippen LogP) is 7.24. The molecular formula is C33H39N3O. The van der Waals surface area contributed by atoms with Crippen molar-refractivity contribution in [2.45, 2.75) is 76.2 Å². The molecular weight excluding hydrogens is 454 g/mol. The lowest BCUT2D eigenvalue weighted by molar-refractivity contribution is 0.172. The summed E-state index contributed by atoms with van der Waals surface area (Å²) in [6.07, 6.45) is 8.56. The SMILES string of the molecule is O=C(NC1CCC(CCN2C3CCC2c2ccccc23)CC1)N(Cc1ccccc1)Cc1ccccc1. The van der Waals surface area contributed by atoms with Gasteiger partial charge in [0.1, 0.15) is 0 Å². The van der Waals surface area contributed by atoms with E-state index in [0.29, 0.717) is 25.2 Å². The van der Waals surface area contributed by atoms with E-state index in [2.05, 4.69) is 58.7 Å². The molecule has 2 atom stereocenters. The third kappa shape index (κ3) is 5.45.